The van der Waals surface area contributed by atoms with Gasteiger partial charge in [-0.25, -0.2) is 0 Å². The van der Waals surface area contributed by atoms with Gasteiger partial charge in [0.1, 0.15) is 0 Å². The van der Waals surface area contributed by atoms with Crippen LogP contribution >= 0.6 is 0 Å². The Morgan fingerprint density at radius 2 is 0.767 bits per heavy atom. The molecule has 204 valence electrons. The summed E-state index contributed by atoms with van der Waals surface area (Å²) in [6.07, 6.45) is 0. The van der Waals surface area contributed by atoms with Gasteiger partial charge in [-0.1, -0.05) is 147 Å². The van der Waals surface area contributed by atoms with Crippen LogP contribution in [0.25, 0.3) is 76.5 Å². The van der Waals surface area contributed by atoms with Gasteiger partial charge >= 0.3 is 0 Å². The molecular formula is C43H32. The summed E-state index contributed by atoms with van der Waals surface area (Å²) in [4.78, 5) is 0. The van der Waals surface area contributed by atoms with E-state index in [1.165, 1.54) is 82.0 Å². The van der Waals surface area contributed by atoms with Gasteiger partial charge in [-0.15, -0.1) is 0 Å². The quantitative estimate of drug-likeness (QED) is 0.192. The Hall–Kier alpha value is -5.20. The summed E-state index contributed by atoms with van der Waals surface area (Å²) >= 11 is 0. The normalized spacial score (nSPS) is 11.7. The molecule has 8 rings (SSSR count). The van der Waals surface area contributed by atoms with Gasteiger partial charge in [0.05, 0.1) is 0 Å². The Labute approximate surface area is 252 Å². The molecule has 0 radical (unpaired) electrons. The van der Waals surface area contributed by atoms with Crippen molar-refractivity contribution in [2.75, 3.05) is 0 Å². The summed E-state index contributed by atoms with van der Waals surface area (Å²) in [6, 6.07) is 56.2. The van der Waals surface area contributed by atoms with Gasteiger partial charge < -0.3 is 0 Å². The Balaban J connectivity index is 1.47. The van der Waals surface area contributed by atoms with E-state index < -0.39 is 0 Å². The maximum Gasteiger partial charge on any atom is -0.00259 e. The van der Waals surface area contributed by atoms with Gasteiger partial charge in [0.15, 0.2) is 0 Å². The average Bonchev–Trinajstić information content (AvgIpc) is 3.06. The van der Waals surface area contributed by atoms with E-state index in [0.29, 0.717) is 5.92 Å². The highest BCUT2D eigenvalue weighted by Gasteiger charge is 2.18. The van der Waals surface area contributed by atoms with Crippen molar-refractivity contribution in [3.8, 4) is 33.4 Å². The van der Waals surface area contributed by atoms with Crippen LogP contribution in [0.1, 0.15) is 25.3 Å². The first-order valence-electron chi connectivity index (χ1n) is 15.2. The van der Waals surface area contributed by atoms with Crippen LogP contribution in [0.15, 0.2) is 152 Å². The Kier molecular flexibility index (Phi) is 6.09. The zero-order valence-electron chi connectivity index (χ0n) is 24.5. The molecule has 0 heteroatoms. The lowest BCUT2D eigenvalue weighted by molar-refractivity contribution is 0.867. The molecule has 0 fully saturated rings. The predicted octanol–water partition coefficient (Wildman–Crippen LogP) is 12.4. The molecule has 0 spiro atoms. The second-order valence-corrected chi connectivity index (χ2v) is 12.0. The molecule has 0 atom stereocenters. The molecule has 0 aromatic heterocycles. The van der Waals surface area contributed by atoms with Gasteiger partial charge in [0.2, 0.25) is 0 Å². The smallest absolute Gasteiger partial charge is 0.00259 e. The lowest BCUT2D eigenvalue weighted by atomic mass is 9.84. The number of benzene rings is 8. The van der Waals surface area contributed by atoms with Gasteiger partial charge in [0, 0.05) is 0 Å². The molecule has 0 aliphatic carbocycles. The monoisotopic (exact) mass is 548 g/mol. The summed E-state index contributed by atoms with van der Waals surface area (Å²) in [6.45, 7) is 4.50. The fraction of sp³-hybridized carbons (Fsp3) is 0.0698. The Morgan fingerprint density at radius 3 is 1.33 bits per heavy atom. The lowest BCUT2D eigenvalue weighted by Crippen LogP contribution is -1.92. The van der Waals surface area contributed by atoms with Crippen molar-refractivity contribution in [1.82, 2.24) is 0 Å². The average molecular weight is 549 g/mol. The van der Waals surface area contributed by atoms with Gasteiger partial charge in [0.25, 0.3) is 0 Å². The van der Waals surface area contributed by atoms with Crippen LogP contribution in [0.2, 0.25) is 0 Å². The molecule has 0 amide bonds. The van der Waals surface area contributed by atoms with E-state index in [0.717, 1.165) is 0 Å². The molecule has 0 bridgehead atoms. The van der Waals surface area contributed by atoms with Crippen LogP contribution in [0, 0.1) is 0 Å². The maximum absolute atomic E-state index is 2.42. The van der Waals surface area contributed by atoms with Crippen molar-refractivity contribution in [1.29, 1.82) is 0 Å². The molecule has 0 nitrogen and oxygen atoms in total. The molecule has 0 unspecified atom stereocenters. The highest BCUT2D eigenvalue weighted by atomic mass is 14.2. The third-order valence-corrected chi connectivity index (χ3v) is 9.01. The third-order valence-electron chi connectivity index (χ3n) is 9.01. The van der Waals surface area contributed by atoms with E-state index >= 15 is 0 Å². The van der Waals surface area contributed by atoms with Gasteiger partial charge in [-0.05, 0) is 106 Å². The van der Waals surface area contributed by atoms with Crippen molar-refractivity contribution in [2.24, 2.45) is 0 Å². The summed E-state index contributed by atoms with van der Waals surface area (Å²) in [5.74, 6) is 0.515. The molecule has 0 aliphatic heterocycles. The largest absolute Gasteiger partial charge is 0.0616 e. The molecule has 0 saturated carbocycles. The van der Waals surface area contributed by atoms with Crippen LogP contribution in [-0.2, 0) is 0 Å². The molecule has 8 aromatic rings. The van der Waals surface area contributed by atoms with Crippen LogP contribution in [0.3, 0.4) is 0 Å². The summed E-state index contributed by atoms with van der Waals surface area (Å²) in [7, 11) is 0. The summed E-state index contributed by atoms with van der Waals surface area (Å²) < 4.78 is 0. The van der Waals surface area contributed by atoms with Crippen molar-refractivity contribution < 1.29 is 0 Å². The molecule has 0 saturated heterocycles. The van der Waals surface area contributed by atoms with E-state index in [4.69, 9.17) is 0 Å². The molecule has 8 aromatic carbocycles. The topological polar surface area (TPSA) is 0 Å². The summed E-state index contributed by atoms with van der Waals surface area (Å²) in [5.41, 5.74) is 8.94. The van der Waals surface area contributed by atoms with Crippen LogP contribution in [0.4, 0.5) is 0 Å². The minimum Gasteiger partial charge on any atom is -0.0616 e. The lowest BCUT2D eigenvalue weighted by Gasteiger charge is -2.19. The maximum atomic E-state index is 2.42. The van der Waals surface area contributed by atoms with Crippen LogP contribution < -0.4 is 0 Å². The zero-order valence-corrected chi connectivity index (χ0v) is 24.5. The van der Waals surface area contributed by atoms with Crippen LogP contribution in [0.5, 0.6) is 0 Å². The molecule has 43 heavy (non-hydrogen) atoms. The second-order valence-electron chi connectivity index (χ2n) is 12.0. The number of hydrogen-bond acceptors (Lipinski definition) is 0. The van der Waals surface area contributed by atoms with Gasteiger partial charge in [-0.3, -0.25) is 0 Å². The fourth-order valence-corrected chi connectivity index (χ4v) is 6.73. The first-order chi connectivity index (χ1) is 21.1. The first kappa shape index (κ1) is 25.5. The molecule has 0 aliphatic rings. The summed E-state index contributed by atoms with van der Waals surface area (Å²) in [5, 5.41) is 10.2. The van der Waals surface area contributed by atoms with E-state index in [1.54, 1.807) is 0 Å². The highest BCUT2D eigenvalue weighted by Crippen LogP contribution is 2.45. The van der Waals surface area contributed by atoms with Crippen molar-refractivity contribution >= 4 is 43.1 Å². The zero-order chi connectivity index (χ0) is 28.9. The van der Waals surface area contributed by atoms with Crippen LogP contribution in [-0.4, -0.2) is 0 Å². The SMILES string of the molecule is CC(C)c1ccc(-c2ccc3c(-c4ccc5ccccc5c4)c4ccccc4c(-c4ccc5ccccc5c4)c3c2)cc1. The van der Waals surface area contributed by atoms with Crippen molar-refractivity contribution in [3.05, 3.63) is 157 Å². The highest BCUT2D eigenvalue weighted by molar-refractivity contribution is 6.22. The number of fused-ring (bicyclic) bond motifs is 4. The van der Waals surface area contributed by atoms with E-state index in [9.17, 15) is 0 Å². The minimum atomic E-state index is 0.515. The number of rotatable bonds is 4. The Bertz CT molecular complexity index is 2300. The Morgan fingerprint density at radius 1 is 0.326 bits per heavy atom. The van der Waals surface area contributed by atoms with Gasteiger partial charge in [-0.2, -0.15) is 0 Å². The minimum absolute atomic E-state index is 0.515. The van der Waals surface area contributed by atoms with Crippen molar-refractivity contribution in [2.45, 2.75) is 19.8 Å². The standard InChI is InChI=1S/C43H32/c1-28(2)29-15-17-32(18-16-29)35-23-24-40-41(27-35)43(37-22-20-31-10-4-6-12-34(31)26-37)39-14-8-7-13-38(39)42(40)36-21-19-30-9-3-5-11-33(30)25-36/h3-28H,1-2H3. The van der Waals surface area contributed by atoms with E-state index in [1.807, 2.05) is 0 Å². The molecular weight excluding hydrogens is 516 g/mol. The number of hydrogen-bond donors (Lipinski definition) is 0. The first-order valence-corrected chi connectivity index (χ1v) is 15.2. The molecule has 0 N–H and O–H groups in total. The van der Waals surface area contributed by atoms with E-state index in [-0.39, 0.29) is 0 Å². The molecule has 0 heterocycles. The third kappa shape index (κ3) is 4.39. The predicted molar refractivity (Wildman–Crippen MR) is 187 cm³/mol. The van der Waals surface area contributed by atoms with E-state index in [2.05, 4.69) is 166 Å². The fourth-order valence-electron chi connectivity index (χ4n) is 6.73. The second kappa shape index (κ2) is 10.3. The van der Waals surface area contributed by atoms with Crippen molar-refractivity contribution in [3.63, 3.8) is 0 Å².